The molecule has 0 bridgehead atoms. The summed E-state index contributed by atoms with van der Waals surface area (Å²) in [7, 11) is 0. The van der Waals surface area contributed by atoms with Crippen LogP contribution in [0.3, 0.4) is 0 Å². The number of benzene rings is 2. The van der Waals surface area contributed by atoms with Gasteiger partial charge in [-0.3, -0.25) is 14.6 Å². The molecule has 27 heavy (non-hydrogen) atoms. The number of hydrogen-bond donors (Lipinski definition) is 0. The highest BCUT2D eigenvalue weighted by Gasteiger charge is 2.39. The van der Waals surface area contributed by atoms with Crippen LogP contribution in [0.25, 0.3) is 10.9 Å². The predicted octanol–water partition coefficient (Wildman–Crippen LogP) is 3.47. The van der Waals surface area contributed by atoms with Gasteiger partial charge in [0.25, 0.3) is 11.8 Å². The minimum Gasteiger partial charge on any atom is -0.324 e. The molecule has 0 radical (unpaired) electrons. The Morgan fingerprint density at radius 2 is 1.59 bits per heavy atom. The van der Waals surface area contributed by atoms with E-state index in [0.717, 1.165) is 10.9 Å². The fourth-order valence-electron chi connectivity index (χ4n) is 3.35. The normalized spacial score (nSPS) is 13.2. The van der Waals surface area contributed by atoms with Gasteiger partial charge >= 0.3 is 5.97 Å². The van der Waals surface area contributed by atoms with Gasteiger partial charge < -0.3 is 4.84 Å². The van der Waals surface area contributed by atoms with Crippen LogP contribution in [0.2, 0.25) is 0 Å². The Labute approximate surface area is 155 Å². The van der Waals surface area contributed by atoms with E-state index >= 15 is 0 Å². The van der Waals surface area contributed by atoms with Crippen molar-refractivity contribution in [3.8, 4) is 0 Å². The van der Waals surface area contributed by atoms with E-state index in [4.69, 9.17) is 4.84 Å². The molecule has 6 nitrogen and oxygen atoms in total. The van der Waals surface area contributed by atoms with Crippen molar-refractivity contribution < 1.29 is 19.2 Å². The van der Waals surface area contributed by atoms with E-state index in [-0.39, 0.29) is 16.7 Å². The number of aromatic nitrogens is 1. The number of aryl methyl sites for hydroxylation is 2. The van der Waals surface area contributed by atoms with Crippen LogP contribution < -0.4 is 0 Å². The molecule has 2 amide bonds. The summed E-state index contributed by atoms with van der Waals surface area (Å²) in [5.74, 6) is -2.06. The second-order valence-corrected chi connectivity index (χ2v) is 6.26. The second kappa shape index (κ2) is 6.32. The molecule has 4 rings (SSSR count). The lowest BCUT2D eigenvalue weighted by molar-refractivity contribution is -0.0586. The largest absolute Gasteiger partial charge is 0.366 e. The van der Waals surface area contributed by atoms with Crippen LogP contribution in [-0.2, 0) is 11.3 Å². The first kappa shape index (κ1) is 16.9. The lowest BCUT2D eigenvalue weighted by Gasteiger charge is -2.16. The molecule has 6 heteroatoms. The van der Waals surface area contributed by atoms with E-state index in [2.05, 4.69) is 4.98 Å². The molecular weight excluding hydrogens is 344 g/mol. The summed E-state index contributed by atoms with van der Waals surface area (Å²) in [5.41, 5.74) is 2.78. The Morgan fingerprint density at radius 3 is 2.22 bits per heavy atom. The van der Waals surface area contributed by atoms with Crippen LogP contribution >= 0.6 is 0 Å². The van der Waals surface area contributed by atoms with E-state index in [1.807, 2.05) is 38.1 Å². The zero-order valence-electron chi connectivity index (χ0n) is 14.9. The third-order valence-corrected chi connectivity index (χ3v) is 4.70. The summed E-state index contributed by atoms with van der Waals surface area (Å²) >= 11 is 0. The van der Waals surface area contributed by atoms with Crippen LogP contribution in [0.4, 0.5) is 0 Å². The Bertz CT molecular complexity index is 1090. The molecule has 0 N–H and O–H groups in total. The summed E-state index contributed by atoms with van der Waals surface area (Å²) in [6, 6.07) is 13.9. The molecule has 0 unspecified atom stereocenters. The standard InChI is InChI=1S/C21H16N2O4/c1-3-16-18(12(2)13-8-6-7-11-17(13)22-16)21(26)27-23-19(24)14-9-4-5-10-15(14)20(23)25/h4-11H,3H2,1-2H3. The molecule has 1 aliphatic rings. The van der Waals surface area contributed by atoms with E-state index < -0.39 is 17.8 Å². The fraction of sp³-hybridized carbons (Fsp3) is 0.143. The molecule has 0 spiro atoms. The molecule has 0 saturated heterocycles. The van der Waals surface area contributed by atoms with Gasteiger partial charge in [0.2, 0.25) is 0 Å². The smallest absolute Gasteiger partial charge is 0.324 e. The van der Waals surface area contributed by atoms with Crippen molar-refractivity contribution in [3.63, 3.8) is 0 Å². The molecule has 3 aromatic rings. The van der Waals surface area contributed by atoms with Crippen LogP contribution in [0.5, 0.6) is 0 Å². The highest BCUT2D eigenvalue weighted by atomic mass is 16.7. The summed E-state index contributed by atoms with van der Waals surface area (Å²) in [6.07, 6.45) is 0.512. The van der Waals surface area contributed by atoms with Gasteiger partial charge in [-0.25, -0.2) is 4.79 Å². The first-order valence-corrected chi connectivity index (χ1v) is 8.61. The Balaban J connectivity index is 1.73. The zero-order valence-corrected chi connectivity index (χ0v) is 14.9. The maximum Gasteiger partial charge on any atom is 0.366 e. The summed E-state index contributed by atoms with van der Waals surface area (Å²) in [4.78, 5) is 47.5. The van der Waals surface area contributed by atoms with Crippen molar-refractivity contribution in [1.82, 2.24) is 10.0 Å². The maximum atomic E-state index is 12.9. The van der Waals surface area contributed by atoms with E-state index in [9.17, 15) is 14.4 Å². The topological polar surface area (TPSA) is 76.6 Å². The number of amides is 2. The van der Waals surface area contributed by atoms with Crippen molar-refractivity contribution in [3.05, 3.63) is 76.5 Å². The lowest BCUT2D eigenvalue weighted by atomic mass is 10.0. The molecule has 2 heterocycles. The first-order chi connectivity index (χ1) is 13.0. The minimum atomic E-state index is -0.767. The average molecular weight is 360 g/mol. The number of carbonyl (C=O) groups is 3. The predicted molar refractivity (Wildman–Crippen MR) is 98.2 cm³/mol. The molecular formula is C21H16N2O4. The molecule has 0 atom stereocenters. The van der Waals surface area contributed by atoms with Gasteiger partial charge in [0.15, 0.2) is 0 Å². The summed E-state index contributed by atoms with van der Waals surface area (Å²) < 4.78 is 0. The van der Waals surface area contributed by atoms with Gasteiger partial charge in [0.1, 0.15) is 0 Å². The minimum absolute atomic E-state index is 0.222. The maximum absolute atomic E-state index is 12.9. The highest BCUT2D eigenvalue weighted by molar-refractivity contribution is 6.21. The number of fused-ring (bicyclic) bond motifs is 2. The number of imide groups is 1. The number of para-hydroxylation sites is 1. The molecule has 0 aliphatic carbocycles. The van der Waals surface area contributed by atoms with Gasteiger partial charge in [-0.15, -0.1) is 0 Å². The van der Waals surface area contributed by atoms with Crippen molar-refractivity contribution in [2.24, 2.45) is 0 Å². The Morgan fingerprint density at radius 1 is 1.00 bits per heavy atom. The van der Waals surface area contributed by atoms with Crippen molar-refractivity contribution in [2.75, 3.05) is 0 Å². The van der Waals surface area contributed by atoms with Gasteiger partial charge in [0.05, 0.1) is 27.9 Å². The number of rotatable bonds is 3. The molecule has 0 fully saturated rings. The van der Waals surface area contributed by atoms with Gasteiger partial charge in [0, 0.05) is 5.39 Å². The number of pyridine rings is 1. The van der Waals surface area contributed by atoms with Crippen LogP contribution in [0.15, 0.2) is 48.5 Å². The number of hydrogen-bond acceptors (Lipinski definition) is 5. The van der Waals surface area contributed by atoms with Gasteiger partial charge in [-0.2, -0.15) is 0 Å². The monoisotopic (exact) mass is 360 g/mol. The van der Waals surface area contributed by atoms with Gasteiger partial charge in [-0.1, -0.05) is 42.3 Å². The number of nitrogens with zero attached hydrogens (tertiary/aromatic N) is 2. The average Bonchev–Trinajstić information content (AvgIpc) is 2.93. The first-order valence-electron chi connectivity index (χ1n) is 8.61. The fourth-order valence-corrected chi connectivity index (χ4v) is 3.35. The van der Waals surface area contributed by atoms with Crippen molar-refractivity contribution in [2.45, 2.75) is 20.3 Å². The van der Waals surface area contributed by atoms with E-state index in [1.165, 1.54) is 12.1 Å². The molecule has 1 aliphatic heterocycles. The number of hydroxylamine groups is 2. The van der Waals surface area contributed by atoms with E-state index in [1.54, 1.807) is 12.1 Å². The molecule has 134 valence electrons. The van der Waals surface area contributed by atoms with Crippen LogP contribution in [0, 0.1) is 6.92 Å². The summed E-state index contributed by atoms with van der Waals surface area (Å²) in [5, 5.41) is 1.35. The summed E-state index contributed by atoms with van der Waals surface area (Å²) in [6.45, 7) is 3.69. The zero-order chi connectivity index (χ0) is 19.1. The van der Waals surface area contributed by atoms with Crippen molar-refractivity contribution >= 4 is 28.7 Å². The molecule has 0 saturated carbocycles. The van der Waals surface area contributed by atoms with E-state index in [0.29, 0.717) is 22.7 Å². The van der Waals surface area contributed by atoms with Crippen LogP contribution in [-0.4, -0.2) is 27.8 Å². The quantitative estimate of drug-likeness (QED) is 0.669. The Hall–Kier alpha value is -3.54. The van der Waals surface area contributed by atoms with Gasteiger partial charge in [-0.05, 0) is 37.1 Å². The lowest BCUT2D eigenvalue weighted by Crippen LogP contribution is -2.33. The SMILES string of the molecule is CCc1nc2ccccc2c(C)c1C(=O)ON1C(=O)c2ccccc2C1=O. The third-order valence-electron chi connectivity index (χ3n) is 4.70. The molecule has 1 aromatic heterocycles. The van der Waals surface area contributed by atoms with Crippen molar-refractivity contribution in [1.29, 1.82) is 0 Å². The highest BCUT2D eigenvalue weighted by Crippen LogP contribution is 2.27. The Kier molecular flexibility index (Phi) is 3.96. The van der Waals surface area contributed by atoms with Crippen LogP contribution in [0.1, 0.15) is 49.3 Å². The number of carbonyl (C=O) groups excluding carboxylic acids is 3. The second-order valence-electron chi connectivity index (χ2n) is 6.26. The molecule has 2 aromatic carbocycles. The third kappa shape index (κ3) is 2.57.